The maximum Gasteiger partial charge on any atom is 0.250 e. The van der Waals surface area contributed by atoms with Crippen LogP contribution in [0.3, 0.4) is 0 Å². The third-order valence-corrected chi connectivity index (χ3v) is 7.13. The van der Waals surface area contributed by atoms with E-state index in [1.54, 1.807) is 6.07 Å². The van der Waals surface area contributed by atoms with Gasteiger partial charge in [-0.3, -0.25) is 4.79 Å². The van der Waals surface area contributed by atoms with Gasteiger partial charge in [-0.25, -0.2) is 13.1 Å². The number of hydrogen-bond acceptors (Lipinski definition) is 5. The zero-order valence-corrected chi connectivity index (χ0v) is 14.0. The predicted molar refractivity (Wildman–Crippen MR) is 83.3 cm³/mol. The van der Waals surface area contributed by atoms with Crippen LogP contribution in [0.25, 0.3) is 0 Å². The zero-order valence-electron chi connectivity index (χ0n) is 12.4. The summed E-state index contributed by atoms with van der Waals surface area (Å²) >= 11 is 1.21. The molecule has 2 fully saturated rings. The van der Waals surface area contributed by atoms with Crippen LogP contribution in [-0.2, 0) is 19.6 Å². The van der Waals surface area contributed by atoms with Gasteiger partial charge in [-0.15, -0.1) is 11.3 Å². The number of aryl methyl sites for hydroxylation is 1. The molecule has 1 aromatic heterocycles. The second-order valence-corrected chi connectivity index (χ2v) is 8.71. The van der Waals surface area contributed by atoms with Gasteiger partial charge in [0.05, 0.1) is 12.1 Å². The summed E-state index contributed by atoms with van der Waals surface area (Å²) in [6.07, 6.45) is 2.52. The Hall–Kier alpha value is -0.960. The van der Waals surface area contributed by atoms with Crippen LogP contribution in [0.1, 0.15) is 31.2 Å². The van der Waals surface area contributed by atoms with Crippen molar-refractivity contribution in [3.63, 3.8) is 0 Å². The van der Waals surface area contributed by atoms with Crippen molar-refractivity contribution in [1.29, 1.82) is 0 Å². The lowest BCUT2D eigenvalue weighted by atomic mass is 9.93. The fourth-order valence-corrected chi connectivity index (χ4v) is 5.54. The molecular weight excluding hydrogens is 324 g/mol. The van der Waals surface area contributed by atoms with Crippen molar-refractivity contribution in [1.82, 2.24) is 10.0 Å². The highest BCUT2D eigenvalue weighted by Gasteiger charge is 2.39. The molecule has 2 N–H and O–H groups in total. The highest BCUT2D eigenvalue weighted by atomic mass is 32.2. The van der Waals surface area contributed by atoms with Gasteiger partial charge in [0.1, 0.15) is 4.21 Å². The number of thiophene rings is 1. The van der Waals surface area contributed by atoms with Crippen LogP contribution >= 0.6 is 11.3 Å². The first kappa shape index (κ1) is 15.9. The van der Waals surface area contributed by atoms with Crippen molar-refractivity contribution >= 4 is 27.3 Å². The summed E-state index contributed by atoms with van der Waals surface area (Å²) in [4.78, 5) is 11.7. The number of carbonyl (C=O) groups excluding carboxylic acids is 1. The molecule has 0 bridgehead atoms. The standard InChI is InChI=1S/C14H20N2O4S2/c1-9-7-13(21-8-9)22(18,19)16-10-4-5-12(17)15-14(10)11-3-2-6-20-11/h7-8,10-11,14,16H,2-6H2,1H3,(H,15,17)/t10-,11+,14+/m1/s1. The SMILES string of the molecule is Cc1csc(S(=O)(=O)N[C@@H]2CCC(=O)N[C@@H]2[C@@H]2CCCO2)c1. The van der Waals surface area contributed by atoms with Crippen molar-refractivity contribution in [2.45, 2.75) is 55.0 Å². The molecule has 2 aliphatic heterocycles. The first-order valence-corrected chi connectivity index (χ1v) is 9.80. The Morgan fingerprint density at radius 2 is 2.23 bits per heavy atom. The average molecular weight is 344 g/mol. The molecule has 22 heavy (non-hydrogen) atoms. The molecule has 0 unspecified atom stereocenters. The highest BCUT2D eigenvalue weighted by Crippen LogP contribution is 2.25. The second kappa shape index (κ2) is 6.27. The predicted octanol–water partition coefficient (Wildman–Crippen LogP) is 1.16. The molecule has 8 heteroatoms. The monoisotopic (exact) mass is 344 g/mol. The molecule has 0 radical (unpaired) electrons. The number of hydrogen-bond donors (Lipinski definition) is 2. The molecule has 0 aromatic carbocycles. The van der Waals surface area contributed by atoms with Gasteiger partial charge in [0, 0.05) is 19.1 Å². The van der Waals surface area contributed by atoms with Crippen LogP contribution < -0.4 is 10.0 Å². The van der Waals surface area contributed by atoms with Crippen LogP contribution in [0.15, 0.2) is 15.7 Å². The lowest BCUT2D eigenvalue weighted by Gasteiger charge is -2.35. The highest BCUT2D eigenvalue weighted by molar-refractivity contribution is 7.91. The number of nitrogens with one attached hydrogen (secondary N) is 2. The van der Waals surface area contributed by atoms with Gasteiger partial charge in [-0.2, -0.15) is 0 Å². The molecule has 0 saturated carbocycles. The maximum absolute atomic E-state index is 12.5. The van der Waals surface area contributed by atoms with E-state index in [0.717, 1.165) is 18.4 Å². The van der Waals surface area contributed by atoms with E-state index in [4.69, 9.17) is 4.74 Å². The second-order valence-electron chi connectivity index (χ2n) is 5.85. The number of ether oxygens (including phenoxy) is 1. The minimum absolute atomic E-state index is 0.0390. The van der Waals surface area contributed by atoms with E-state index >= 15 is 0 Å². The summed E-state index contributed by atoms with van der Waals surface area (Å²) in [5.74, 6) is -0.0390. The van der Waals surface area contributed by atoms with Gasteiger partial charge in [-0.1, -0.05) is 0 Å². The van der Waals surface area contributed by atoms with Gasteiger partial charge < -0.3 is 10.1 Å². The largest absolute Gasteiger partial charge is 0.376 e. The summed E-state index contributed by atoms with van der Waals surface area (Å²) in [6.45, 7) is 2.53. The molecule has 3 rings (SSSR count). The van der Waals surface area contributed by atoms with Crippen molar-refractivity contribution in [2.75, 3.05) is 6.61 Å². The molecule has 122 valence electrons. The first-order valence-electron chi connectivity index (χ1n) is 7.44. The van der Waals surface area contributed by atoms with Crippen molar-refractivity contribution in [3.05, 3.63) is 17.0 Å². The van der Waals surface area contributed by atoms with Gasteiger partial charge in [0.15, 0.2) is 0 Å². The molecule has 1 amide bonds. The summed E-state index contributed by atoms with van der Waals surface area (Å²) in [6, 6.07) is 1.04. The fourth-order valence-electron chi connectivity index (χ4n) is 3.00. The summed E-state index contributed by atoms with van der Waals surface area (Å²) < 4.78 is 33.7. The van der Waals surface area contributed by atoms with Crippen molar-refractivity contribution in [2.24, 2.45) is 0 Å². The Morgan fingerprint density at radius 3 is 2.86 bits per heavy atom. The number of carbonyl (C=O) groups is 1. The number of rotatable bonds is 4. The Bertz CT molecular complexity index is 650. The Labute approximate surface area is 134 Å². The van der Waals surface area contributed by atoms with E-state index in [1.165, 1.54) is 11.3 Å². The quantitative estimate of drug-likeness (QED) is 0.858. The van der Waals surface area contributed by atoms with E-state index in [9.17, 15) is 13.2 Å². The molecule has 1 aromatic rings. The van der Waals surface area contributed by atoms with Crippen LogP contribution in [0.2, 0.25) is 0 Å². The Kier molecular flexibility index (Phi) is 4.54. The molecule has 3 atom stereocenters. The third kappa shape index (κ3) is 3.34. The van der Waals surface area contributed by atoms with Gasteiger partial charge in [0.25, 0.3) is 0 Å². The Morgan fingerprint density at radius 1 is 1.41 bits per heavy atom. The normalized spacial score (nSPS) is 29.5. The zero-order chi connectivity index (χ0) is 15.7. The molecular formula is C14H20N2O4S2. The number of amides is 1. The number of piperidine rings is 1. The molecule has 6 nitrogen and oxygen atoms in total. The maximum atomic E-state index is 12.5. The van der Waals surface area contributed by atoms with Crippen LogP contribution in [0.4, 0.5) is 0 Å². The molecule has 2 aliphatic rings. The van der Waals surface area contributed by atoms with E-state index in [1.807, 2.05) is 12.3 Å². The molecule has 0 spiro atoms. The van der Waals surface area contributed by atoms with E-state index in [-0.39, 0.29) is 24.1 Å². The minimum atomic E-state index is -3.56. The lowest BCUT2D eigenvalue weighted by molar-refractivity contribution is -0.125. The summed E-state index contributed by atoms with van der Waals surface area (Å²) in [7, 11) is -3.56. The van der Waals surface area contributed by atoms with Crippen molar-refractivity contribution < 1.29 is 17.9 Å². The Balaban J connectivity index is 1.77. The van der Waals surface area contributed by atoms with E-state index < -0.39 is 10.0 Å². The van der Waals surface area contributed by atoms with Gasteiger partial charge in [0.2, 0.25) is 15.9 Å². The van der Waals surface area contributed by atoms with Crippen LogP contribution in [0, 0.1) is 6.92 Å². The summed E-state index contributed by atoms with van der Waals surface area (Å²) in [5.41, 5.74) is 0.929. The van der Waals surface area contributed by atoms with Crippen molar-refractivity contribution in [3.8, 4) is 0 Å². The van der Waals surface area contributed by atoms with Crippen LogP contribution in [0.5, 0.6) is 0 Å². The van der Waals surface area contributed by atoms with E-state index in [0.29, 0.717) is 23.7 Å². The lowest BCUT2D eigenvalue weighted by Crippen LogP contribution is -2.59. The van der Waals surface area contributed by atoms with Crippen LogP contribution in [-0.4, -0.2) is 39.1 Å². The van der Waals surface area contributed by atoms with Gasteiger partial charge in [-0.05, 0) is 43.2 Å². The van der Waals surface area contributed by atoms with Gasteiger partial charge >= 0.3 is 0 Å². The third-order valence-electron chi connectivity index (χ3n) is 4.09. The fraction of sp³-hybridized carbons (Fsp3) is 0.643. The molecule has 3 heterocycles. The molecule has 2 saturated heterocycles. The smallest absolute Gasteiger partial charge is 0.250 e. The van der Waals surface area contributed by atoms with E-state index in [2.05, 4.69) is 10.0 Å². The molecule has 0 aliphatic carbocycles. The average Bonchev–Trinajstić information content (AvgIpc) is 3.12. The number of sulfonamides is 1. The summed E-state index contributed by atoms with van der Waals surface area (Å²) in [5, 5.41) is 4.71. The first-order chi connectivity index (χ1) is 10.5. The topological polar surface area (TPSA) is 84.5 Å². The minimum Gasteiger partial charge on any atom is -0.376 e.